The van der Waals surface area contributed by atoms with Gasteiger partial charge in [-0.1, -0.05) is 12.1 Å². The second-order valence-corrected chi connectivity index (χ2v) is 3.40. The number of hydrogen-bond acceptors (Lipinski definition) is 2. The maximum atomic E-state index is 10.8. The molecule has 0 aliphatic carbocycles. The quantitative estimate of drug-likeness (QED) is 0.790. The summed E-state index contributed by atoms with van der Waals surface area (Å²) >= 11 is 0. The minimum Gasteiger partial charge on any atom is -0.481 e. The summed E-state index contributed by atoms with van der Waals surface area (Å²) in [5.41, 5.74) is 2.31. The van der Waals surface area contributed by atoms with E-state index in [0.717, 1.165) is 16.8 Å². The number of nitrogens with one attached hydrogen (secondary N) is 1. The number of anilines is 1. The van der Waals surface area contributed by atoms with Gasteiger partial charge in [0, 0.05) is 12.6 Å². The van der Waals surface area contributed by atoms with E-state index in [9.17, 15) is 9.59 Å². The number of carboxylic acid groups (broad SMARTS) is 1. The third kappa shape index (κ3) is 3.42. The molecule has 0 radical (unpaired) electrons. The lowest BCUT2D eigenvalue weighted by Crippen LogP contribution is -2.08. The normalized spacial score (nSPS) is 9.73. The van der Waals surface area contributed by atoms with Crippen molar-refractivity contribution in [3.05, 3.63) is 29.3 Å². The molecule has 4 nitrogen and oxygen atoms in total. The van der Waals surface area contributed by atoms with Gasteiger partial charge in [-0.15, -0.1) is 0 Å². The first kappa shape index (κ1) is 11.2. The molecule has 0 fully saturated rings. The van der Waals surface area contributed by atoms with Crippen LogP contribution in [0, 0.1) is 6.92 Å². The summed E-state index contributed by atoms with van der Waals surface area (Å²) in [6.07, 6.45) is 0.00118. The molecule has 1 aromatic carbocycles. The Balaban J connectivity index is 2.87. The van der Waals surface area contributed by atoms with E-state index in [1.165, 1.54) is 6.92 Å². The molecule has 0 unspecified atom stereocenters. The van der Waals surface area contributed by atoms with Crippen molar-refractivity contribution in [2.45, 2.75) is 20.3 Å². The molecule has 0 aliphatic heterocycles. The smallest absolute Gasteiger partial charge is 0.307 e. The number of rotatable bonds is 3. The lowest BCUT2D eigenvalue weighted by molar-refractivity contribution is -0.136. The van der Waals surface area contributed by atoms with E-state index >= 15 is 0 Å². The molecule has 1 amide bonds. The van der Waals surface area contributed by atoms with E-state index in [4.69, 9.17) is 5.11 Å². The summed E-state index contributed by atoms with van der Waals surface area (Å²) in [7, 11) is 0. The molecule has 2 N–H and O–H groups in total. The van der Waals surface area contributed by atoms with E-state index in [0.29, 0.717) is 0 Å². The van der Waals surface area contributed by atoms with Gasteiger partial charge in [0.2, 0.25) is 5.91 Å². The summed E-state index contributed by atoms with van der Waals surface area (Å²) in [6.45, 7) is 3.27. The van der Waals surface area contributed by atoms with Crippen LogP contribution in [0.3, 0.4) is 0 Å². The highest BCUT2D eigenvalue weighted by atomic mass is 16.4. The Labute approximate surface area is 87.9 Å². The van der Waals surface area contributed by atoms with Crippen LogP contribution in [-0.2, 0) is 16.0 Å². The molecule has 1 aromatic rings. The maximum Gasteiger partial charge on any atom is 0.307 e. The highest BCUT2D eigenvalue weighted by Gasteiger charge is 2.04. The van der Waals surface area contributed by atoms with Gasteiger partial charge in [-0.05, 0) is 24.1 Å². The largest absolute Gasteiger partial charge is 0.481 e. The molecule has 0 aliphatic rings. The zero-order chi connectivity index (χ0) is 11.4. The molecule has 15 heavy (non-hydrogen) atoms. The molecule has 0 saturated heterocycles. The molecule has 0 bridgehead atoms. The predicted octanol–water partition coefficient (Wildman–Crippen LogP) is 1.58. The van der Waals surface area contributed by atoms with Crippen LogP contribution in [0.5, 0.6) is 0 Å². The van der Waals surface area contributed by atoms with Crippen molar-refractivity contribution in [3.63, 3.8) is 0 Å². The summed E-state index contributed by atoms with van der Waals surface area (Å²) in [5, 5.41) is 11.3. The number of amides is 1. The van der Waals surface area contributed by atoms with Gasteiger partial charge >= 0.3 is 5.97 Å². The Morgan fingerprint density at radius 2 is 2.07 bits per heavy atom. The molecule has 4 heteroatoms. The van der Waals surface area contributed by atoms with Crippen molar-refractivity contribution < 1.29 is 14.7 Å². The first-order valence-electron chi connectivity index (χ1n) is 4.58. The fourth-order valence-electron chi connectivity index (χ4n) is 1.34. The Hall–Kier alpha value is -1.84. The lowest BCUT2D eigenvalue weighted by Gasteiger charge is -2.07. The standard InChI is InChI=1S/C11H13NO3/c1-7-5-9(6-11(14)15)3-4-10(7)12-8(2)13/h3-5H,6H2,1-2H3,(H,12,13)(H,14,15). The van der Waals surface area contributed by atoms with E-state index < -0.39 is 5.97 Å². The number of carboxylic acids is 1. The Morgan fingerprint density at radius 3 is 2.53 bits per heavy atom. The predicted molar refractivity (Wildman–Crippen MR) is 56.8 cm³/mol. The van der Waals surface area contributed by atoms with Crippen molar-refractivity contribution in [2.75, 3.05) is 5.32 Å². The monoisotopic (exact) mass is 207 g/mol. The van der Waals surface area contributed by atoms with Crippen LogP contribution in [0.15, 0.2) is 18.2 Å². The van der Waals surface area contributed by atoms with Crippen LogP contribution in [0.1, 0.15) is 18.1 Å². The van der Waals surface area contributed by atoms with E-state index in [1.54, 1.807) is 18.2 Å². The molecule has 0 heterocycles. The zero-order valence-electron chi connectivity index (χ0n) is 8.70. The van der Waals surface area contributed by atoms with Crippen molar-refractivity contribution in [1.82, 2.24) is 0 Å². The molecule has 0 aromatic heterocycles. The average Bonchev–Trinajstić information content (AvgIpc) is 2.08. The fourth-order valence-corrected chi connectivity index (χ4v) is 1.34. The van der Waals surface area contributed by atoms with E-state index in [1.807, 2.05) is 6.92 Å². The number of benzene rings is 1. The molecule has 1 rings (SSSR count). The summed E-state index contributed by atoms with van der Waals surface area (Å²) in [6, 6.07) is 5.18. The maximum absolute atomic E-state index is 10.8. The van der Waals surface area contributed by atoms with Gasteiger partial charge in [-0.3, -0.25) is 9.59 Å². The number of carbonyl (C=O) groups is 2. The van der Waals surface area contributed by atoms with Gasteiger partial charge in [0.15, 0.2) is 0 Å². The van der Waals surface area contributed by atoms with Crippen molar-refractivity contribution in [2.24, 2.45) is 0 Å². The van der Waals surface area contributed by atoms with Crippen LogP contribution < -0.4 is 5.32 Å². The Bertz CT molecular complexity index is 399. The summed E-state index contributed by atoms with van der Waals surface area (Å²) in [5.74, 6) is -0.995. The van der Waals surface area contributed by atoms with Gasteiger partial charge in [0.25, 0.3) is 0 Å². The first-order valence-corrected chi connectivity index (χ1v) is 4.58. The summed E-state index contributed by atoms with van der Waals surface area (Å²) < 4.78 is 0. The van der Waals surface area contributed by atoms with Gasteiger partial charge in [0.1, 0.15) is 0 Å². The number of hydrogen-bond donors (Lipinski definition) is 2. The van der Waals surface area contributed by atoms with Crippen molar-refractivity contribution in [1.29, 1.82) is 0 Å². The first-order chi connectivity index (χ1) is 6.99. The molecule has 0 spiro atoms. The van der Waals surface area contributed by atoms with Crippen LogP contribution in [0.2, 0.25) is 0 Å². The van der Waals surface area contributed by atoms with Gasteiger partial charge in [0.05, 0.1) is 6.42 Å². The van der Waals surface area contributed by atoms with Crippen LogP contribution >= 0.6 is 0 Å². The third-order valence-electron chi connectivity index (χ3n) is 1.96. The molecular formula is C11H13NO3. The van der Waals surface area contributed by atoms with E-state index in [-0.39, 0.29) is 12.3 Å². The van der Waals surface area contributed by atoms with Crippen LogP contribution in [-0.4, -0.2) is 17.0 Å². The zero-order valence-corrected chi connectivity index (χ0v) is 8.70. The average molecular weight is 207 g/mol. The second-order valence-electron chi connectivity index (χ2n) is 3.40. The minimum atomic E-state index is -0.860. The van der Waals surface area contributed by atoms with Gasteiger partial charge in [-0.2, -0.15) is 0 Å². The number of aliphatic carboxylic acids is 1. The van der Waals surface area contributed by atoms with E-state index in [2.05, 4.69) is 5.32 Å². The molecule has 80 valence electrons. The highest BCUT2D eigenvalue weighted by molar-refractivity contribution is 5.89. The number of aryl methyl sites for hydroxylation is 1. The molecular weight excluding hydrogens is 194 g/mol. The highest BCUT2D eigenvalue weighted by Crippen LogP contribution is 2.16. The SMILES string of the molecule is CC(=O)Nc1ccc(CC(=O)O)cc1C. The Kier molecular flexibility index (Phi) is 3.44. The molecule has 0 atom stereocenters. The fraction of sp³-hybridized carbons (Fsp3) is 0.273. The second kappa shape index (κ2) is 4.59. The van der Waals surface area contributed by atoms with Gasteiger partial charge < -0.3 is 10.4 Å². The van der Waals surface area contributed by atoms with Crippen molar-refractivity contribution in [3.8, 4) is 0 Å². The van der Waals surface area contributed by atoms with Crippen LogP contribution in [0.25, 0.3) is 0 Å². The Morgan fingerprint density at radius 1 is 1.40 bits per heavy atom. The third-order valence-corrected chi connectivity index (χ3v) is 1.96. The van der Waals surface area contributed by atoms with Gasteiger partial charge in [-0.25, -0.2) is 0 Å². The number of carbonyl (C=O) groups excluding carboxylic acids is 1. The van der Waals surface area contributed by atoms with Crippen molar-refractivity contribution >= 4 is 17.6 Å². The topological polar surface area (TPSA) is 66.4 Å². The minimum absolute atomic E-state index is 0.00118. The summed E-state index contributed by atoms with van der Waals surface area (Å²) in [4.78, 5) is 21.3. The lowest BCUT2D eigenvalue weighted by atomic mass is 10.1. The van der Waals surface area contributed by atoms with Crippen LogP contribution in [0.4, 0.5) is 5.69 Å². The molecule has 0 saturated carbocycles.